The van der Waals surface area contributed by atoms with Crippen LogP contribution in [0, 0.1) is 11.3 Å². The Labute approximate surface area is 109 Å². The second-order valence-corrected chi connectivity index (χ2v) is 6.16. The number of hydrogen-bond acceptors (Lipinski definition) is 3. The summed E-state index contributed by atoms with van der Waals surface area (Å²) in [5.41, 5.74) is 2.15. The van der Waals surface area contributed by atoms with E-state index in [0.29, 0.717) is 11.5 Å². The molecule has 4 rings (SSSR count). The maximum Gasteiger partial charge on any atom is 0.0594 e. The van der Waals surface area contributed by atoms with Gasteiger partial charge in [0.05, 0.1) is 13.2 Å². The van der Waals surface area contributed by atoms with Gasteiger partial charge in [-0.15, -0.1) is 0 Å². The van der Waals surface area contributed by atoms with Crippen LogP contribution in [-0.4, -0.2) is 50.3 Å². The van der Waals surface area contributed by atoms with Crippen molar-refractivity contribution in [3.8, 4) is 0 Å². The van der Waals surface area contributed by atoms with E-state index in [0.717, 1.165) is 32.2 Å². The van der Waals surface area contributed by atoms with E-state index in [-0.39, 0.29) is 0 Å². The summed E-state index contributed by atoms with van der Waals surface area (Å²) in [4.78, 5) is 2.56. The number of piperidine rings is 1. The number of morpholine rings is 1. The molecule has 2 aliphatic carbocycles. The van der Waals surface area contributed by atoms with Crippen LogP contribution in [0.4, 0.5) is 0 Å². The van der Waals surface area contributed by atoms with Crippen molar-refractivity contribution in [2.45, 2.75) is 18.9 Å². The molecule has 0 aromatic heterocycles. The van der Waals surface area contributed by atoms with Crippen LogP contribution in [0.5, 0.6) is 0 Å². The molecule has 3 nitrogen and oxygen atoms in total. The van der Waals surface area contributed by atoms with Gasteiger partial charge in [0.1, 0.15) is 0 Å². The first-order valence-electron chi connectivity index (χ1n) is 7.30. The molecular formula is C15H22N2O. The van der Waals surface area contributed by atoms with Gasteiger partial charge in [-0.25, -0.2) is 0 Å². The van der Waals surface area contributed by atoms with Crippen molar-refractivity contribution < 1.29 is 4.74 Å². The van der Waals surface area contributed by atoms with Crippen LogP contribution < -0.4 is 5.32 Å². The van der Waals surface area contributed by atoms with Gasteiger partial charge in [-0.2, -0.15) is 0 Å². The minimum absolute atomic E-state index is 0.534. The van der Waals surface area contributed by atoms with Crippen molar-refractivity contribution in [1.82, 2.24) is 10.2 Å². The molecule has 2 saturated heterocycles. The van der Waals surface area contributed by atoms with Gasteiger partial charge < -0.3 is 10.1 Å². The van der Waals surface area contributed by atoms with Gasteiger partial charge in [-0.3, -0.25) is 4.90 Å². The van der Waals surface area contributed by atoms with Gasteiger partial charge in [0, 0.05) is 31.1 Å². The first-order valence-corrected chi connectivity index (χ1v) is 7.30. The molecule has 3 atom stereocenters. The molecule has 0 spiro atoms. The van der Waals surface area contributed by atoms with E-state index >= 15 is 0 Å². The molecule has 18 heavy (non-hydrogen) atoms. The molecule has 0 aromatic rings. The molecule has 2 heterocycles. The third-order valence-electron chi connectivity index (χ3n) is 5.23. The molecule has 3 heteroatoms. The molecule has 1 saturated carbocycles. The Morgan fingerprint density at radius 1 is 1.33 bits per heavy atom. The molecule has 0 aromatic carbocycles. The standard InChI is InChI=1S/C15H22N2O/c1-3-14(17-5-7-18-8-6-17)4-2-12(1)15-9-13(15)10-16-11-15/h1-3,13-14,16H,4-11H2/t13-,14?,15+/m0/s1. The summed E-state index contributed by atoms with van der Waals surface area (Å²) in [6.07, 6.45) is 9.96. The second-order valence-electron chi connectivity index (χ2n) is 6.16. The van der Waals surface area contributed by atoms with Crippen molar-refractivity contribution in [1.29, 1.82) is 0 Å². The topological polar surface area (TPSA) is 24.5 Å². The fraction of sp³-hybridized carbons (Fsp3) is 0.733. The van der Waals surface area contributed by atoms with E-state index in [1.165, 1.54) is 25.9 Å². The maximum absolute atomic E-state index is 5.43. The largest absolute Gasteiger partial charge is 0.379 e. The smallest absolute Gasteiger partial charge is 0.0594 e. The van der Waals surface area contributed by atoms with Crippen LogP contribution in [0.25, 0.3) is 0 Å². The number of nitrogens with one attached hydrogen (secondary N) is 1. The van der Waals surface area contributed by atoms with Crippen molar-refractivity contribution in [2.24, 2.45) is 11.3 Å². The monoisotopic (exact) mass is 246 g/mol. The van der Waals surface area contributed by atoms with Gasteiger partial charge in [-0.1, -0.05) is 18.2 Å². The molecular weight excluding hydrogens is 224 g/mol. The number of ether oxygens (including phenoxy) is 1. The molecule has 1 unspecified atom stereocenters. The Bertz CT molecular complexity index is 397. The molecule has 4 aliphatic rings. The number of hydrogen-bond donors (Lipinski definition) is 1. The summed E-state index contributed by atoms with van der Waals surface area (Å²) in [7, 11) is 0. The quantitative estimate of drug-likeness (QED) is 0.792. The average molecular weight is 246 g/mol. The number of allylic oxidation sites excluding steroid dienone is 1. The summed E-state index contributed by atoms with van der Waals surface area (Å²) in [5.74, 6) is 0.924. The van der Waals surface area contributed by atoms with Crippen LogP contribution in [0.3, 0.4) is 0 Å². The highest BCUT2D eigenvalue weighted by Gasteiger charge is 2.58. The third-order valence-corrected chi connectivity index (χ3v) is 5.23. The Hall–Kier alpha value is -0.640. The molecule has 98 valence electrons. The van der Waals surface area contributed by atoms with Crippen molar-refractivity contribution >= 4 is 0 Å². The van der Waals surface area contributed by atoms with Gasteiger partial charge in [0.15, 0.2) is 0 Å². The van der Waals surface area contributed by atoms with E-state index in [9.17, 15) is 0 Å². The SMILES string of the molecule is C1=CC(N2CCOCC2)CC=C1[C@@]12CNC[C@@H]1C2. The third kappa shape index (κ3) is 1.68. The van der Waals surface area contributed by atoms with Gasteiger partial charge >= 0.3 is 0 Å². The average Bonchev–Trinajstić information content (AvgIpc) is 3.02. The molecule has 2 aliphatic heterocycles. The first-order chi connectivity index (χ1) is 8.88. The summed E-state index contributed by atoms with van der Waals surface area (Å²) in [6, 6.07) is 0.612. The number of rotatable bonds is 2. The second kappa shape index (κ2) is 4.19. The zero-order valence-corrected chi connectivity index (χ0v) is 10.9. The van der Waals surface area contributed by atoms with E-state index < -0.39 is 0 Å². The lowest BCUT2D eigenvalue weighted by molar-refractivity contribution is 0.0258. The van der Waals surface area contributed by atoms with E-state index in [1.54, 1.807) is 5.57 Å². The predicted octanol–water partition coefficient (Wildman–Crippen LogP) is 1.18. The summed E-state index contributed by atoms with van der Waals surface area (Å²) in [5, 5.41) is 3.53. The van der Waals surface area contributed by atoms with Crippen molar-refractivity contribution in [3.05, 3.63) is 23.8 Å². The van der Waals surface area contributed by atoms with Crippen LogP contribution in [0.1, 0.15) is 12.8 Å². The molecule has 3 fully saturated rings. The summed E-state index contributed by atoms with van der Waals surface area (Å²) >= 11 is 0. The number of nitrogens with zero attached hydrogens (tertiary/aromatic N) is 1. The Balaban J connectivity index is 1.43. The lowest BCUT2D eigenvalue weighted by Crippen LogP contribution is -2.43. The minimum Gasteiger partial charge on any atom is -0.379 e. The van der Waals surface area contributed by atoms with Crippen molar-refractivity contribution in [2.75, 3.05) is 39.4 Å². The van der Waals surface area contributed by atoms with Gasteiger partial charge in [0.25, 0.3) is 0 Å². The van der Waals surface area contributed by atoms with Crippen LogP contribution in [0.2, 0.25) is 0 Å². The molecule has 0 bridgehead atoms. The fourth-order valence-corrected chi connectivity index (χ4v) is 3.95. The van der Waals surface area contributed by atoms with Crippen LogP contribution >= 0.6 is 0 Å². The Morgan fingerprint density at radius 3 is 2.83 bits per heavy atom. The number of fused-ring (bicyclic) bond motifs is 1. The summed E-state index contributed by atoms with van der Waals surface area (Å²) in [6.45, 7) is 6.42. The Kier molecular flexibility index (Phi) is 2.61. The minimum atomic E-state index is 0.534. The first kappa shape index (κ1) is 11.2. The van der Waals surface area contributed by atoms with Crippen molar-refractivity contribution in [3.63, 3.8) is 0 Å². The van der Waals surface area contributed by atoms with Crippen LogP contribution in [-0.2, 0) is 4.74 Å². The predicted molar refractivity (Wildman–Crippen MR) is 71.4 cm³/mol. The molecule has 1 N–H and O–H groups in total. The van der Waals surface area contributed by atoms with Gasteiger partial charge in [0.2, 0.25) is 0 Å². The van der Waals surface area contributed by atoms with E-state index in [4.69, 9.17) is 4.74 Å². The maximum atomic E-state index is 5.43. The normalized spacial score (nSPS) is 43.7. The highest BCUT2D eigenvalue weighted by molar-refractivity contribution is 5.39. The van der Waals surface area contributed by atoms with Crippen LogP contribution in [0.15, 0.2) is 23.8 Å². The van der Waals surface area contributed by atoms with Gasteiger partial charge in [-0.05, 0) is 30.9 Å². The lowest BCUT2D eigenvalue weighted by Gasteiger charge is -2.34. The highest BCUT2D eigenvalue weighted by atomic mass is 16.5. The Morgan fingerprint density at radius 2 is 2.22 bits per heavy atom. The summed E-state index contributed by atoms with van der Waals surface area (Å²) < 4.78 is 5.43. The fourth-order valence-electron chi connectivity index (χ4n) is 3.95. The van der Waals surface area contributed by atoms with E-state index in [1.807, 2.05) is 0 Å². The lowest BCUT2D eigenvalue weighted by atomic mass is 9.88. The van der Waals surface area contributed by atoms with E-state index in [2.05, 4.69) is 28.4 Å². The molecule has 0 amide bonds. The zero-order valence-electron chi connectivity index (χ0n) is 10.9. The molecule has 0 radical (unpaired) electrons. The zero-order chi connectivity index (χ0) is 12.0. The highest BCUT2D eigenvalue weighted by Crippen LogP contribution is 2.60.